The van der Waals surface area contributed by atoms with E-state index in [0.29, 0.717) is 12.4 Å². The molecular formula is C18H22N4O2. The molecule has 6 heteroatoms. The molecule has 1 unspecified atom stereocenters. The van der Waals surface area contributed by atoms with Crippen molar-refractivity contribution in [3.05, 3.63) is 53.1 Å². The molecule has 3 rings (SSSR count). The van der Waals surface area contributed by atoms with Crippen molar-refractivity contribution in [3.8, 4) is 11.4 Å². The maximum absolute atomic E-state index is 11.7. The van der Waals surface area contributed by atoms with Crippen molar-refractivity contribution in [2.45, 2.75) is 25.9 Å². The van der Waals surface area contributed by atoms with Gasteiger partial charge in [-0.3, -0.25) is 4.79 Å². The van der Waals surface area contributed by atoms with E-state index in [2.05, 4.69) is 26.4 Å². The summed E-state index contributed by atoms with van der Waals surface area (Å²) in [6, 6.07) is 5.43. The highest BCUT2D eigenvalue weighted by Crippen LogP contribution is 2.22. The molecule has 0 radical (unpaired) electrons. The van der Waals surface area contributed by atoms with E-state index < -0.39 is 0 Å². The Morgan fingerprint density at radius 2 is 2.38 bits per heavy atom. The molecule has 1 fully saturated rings. The van der Waals surface area contributed by atoms with Crippen LogP contribution < -0.4 is 10.5 Å². The summed E-state index contributed by atoms with van der Waals surface area (Å²) in [7, 11) is 0. The van der Waals surface area contributed by atoms with Gasteiger partial charge in [0.05, 0.1) is 12.7 Å². The minimum Gasteiger partial charge on any atom is -0.372 e. The minimum atomic E-state index is -0.136. The first-order chi connectivity index (χ1) is 11.7. The van der Waals surface area contributed by atoms with Crippen LogP contribution in [0.5, 0.6) is 0 Å². The summed E-state index contributed by atoms with van der Waals surface area (Å²) in [5.41, 5.74) is 1.45. The van der Waals surface area contributed by atoms with E-state index in [0.717, 1.165) is 43.0 Å². The second-order valence-corrected chi connectivity index (χ2v) is 5.82. The second kappa shape index (κ2) is 7.40. The number of aromatic nitrogens is 3. The molecule has 0 aromatic carbocycles. The molecule has 0 spiro atoms. The molecule has 0 amide bonds. The first kappa shape index (κ1) is 16.4. The van der Waals surface area contributed by atoms with Crippen LogP contribution in [0, 0.1) is 0 Å². The molecule has 126 valence electrons. The van der Waals surface area contributed by atoms with Crippen molar-refractivity contribution in [1.29, 1.82) is 0 Å². The Balaban J connectivity index is 1.73. The van der Waals surface area contributed by atoms with Crippen molar-refractivity contribution in [1.82, 2.24) is 15.0 Å². The standard InChI is InChI=1S/C18H22N4O2/c1-3-9-24-15-7-8-22(12-15)16-6-5-13(11-19-16)18-20-14(4-2)10-17(23)21-18/h3,5-6,10-11,15H,1,4,7-9,12H2,2H3,(H,20,21,23). The van der Waals surface area contributed by atoms with Crippen LogP contribution in [-0.4, -0.2) is 40.8 Å². The van der Waals surface area contributed by atoms with Gasteiger partial charge >= 0.3 is 0 Å². The largest absolute Gasteiger partial charge is 0.372 e. The molecule has 0 bridgehead atoms. The number of nitrogens with one attached hydrogen (secondary N) is 1. The van der Waals surface area contributed by atoms with Gasteiger partial charge in [-0.05, 0) is 25.0 Å². The van der Waals surface area contributed by atoms with Gasteiger partial charge in [-0.15, -0.1) is 6.58 Å². The molecule has 1 saturated heterocycles. The highest BCUT2D eigenvalue weighted by molar-refractivity contribution is 5.56. The highest BCUT2D eigenvalue weighted by Gasteiger charge is 2.23. The number of anilines is 1. The van der Waals surface area contributed by atoms with Gasteiger partial charge in [-0.1, -0.05) is 13.0 Å². The Morgan fingerprint density at radius 3 is 3.08 bits per heavy atom. The third-order valence-electron chi connectivity index (χ3n) is 4.10. The summed E-state index contributed by atoms with van der Waals surface area (Å²) >= 11 is 0. The predicted molar refractivity (Wildman–Crippen MR) is 94.2 cm³/mol. The lowest BCUT2D eigenvalue weighted by Crippen LogP contribution is -2.23. The number of ether oxygens (including phenoxy) is 1. The Kier molecular flexibility index (Phi) is 5.05. The number of pyridine rings is 1. The molecule has 1 atom stereocenters. The zero-order valence-corrected chi connectivity index (χ0v) is 13.9. The fraction of sp³-hybridized carbons (Fsp3) is 0.389. The lowest BCUT2D eigenvalue weighted by atomic mass is 10.2. The summed E-state index contributed by atoms with van der Waals surface area (Å²) < 4.78 is 5.70. The van der Waals surface area contributed by atoms with Gasteiger partial charge in [-0.2, -0.15) is 0 Å². The number of hydrogen-bond donors (Lipinski definition) is 1. The van der Waals surface area contributed by atoms with Gasteiger partial charge in [-0.25, -0.2) is 9.97 Å². The summed E-state index contributed by atoms with van der Waals surface area (Å²) in [6.07, 6.45) is 5.47. The monoisotopic (exact) mass is 326 g/mol. The van der Waals surface area contributed by atoms with E-state index >= 15 is 0 Å². The minimum absolute atomic E-state index is 0.136. The van der Waals surface area contributed by atoms with Crippen LogP contribution in [0.4, 0.5) is 5.82 Å². The van der Waals surface area contributed by atoms with Crippen molar-refractivity contribution < 1.29 is 4.74 Å². The van der Waals surface area contributed by atoms with Gasteiger partial charge in [0, 0.05) is 36.6 Å². The van der Waals surface area contributed by atoms with Crippen molar-refractivity contribution in [3.63, 3.8) is 0 Å². The smallest absolute Gasteiger partial charge is 0.251 e. The van der Waals surface area contributed by atoms with Crippen molar-refractivity contribution in [2.24, 2.45) is 0 Å². The van der Waals surface area contributed by atoms with Crippen LogP contribution in [0.1, 0.15) is 19.0 Å². The third-order valence-corrected chi connectivity index (χ3v) is 4.10. The van der Waals surface area contributed by atoms with Gasteiger partial charge in [0.15, 0.2) is 0 Å². The van der Waals surface area contributed by atoms with E-state index in [1.54, 1.807) is 12.3 Å². The average Bonchev–Trinajstić information content (AvgIpc) is 3.08. The number of nitrogens with zero attached hydrogens (tertiary/aromatic N) is 3. The average molecular weight is 326 g/mol. The quantitative estimate of drug-likeness (QED) is 0.824. The maximum atomic E-state index is 11.7. The van der Waals surface area contributed by atoms with Gasteiger partial charge in [0.1, 0.15) is 11.6 Å². The molecule has 2 aromatic rings. The van der Waals surface area contributed by atoms with Gasteiger partial charge in [0.25, 0.3) is 5.56 Å². The predicted octanol–water partition coefficient (Wildman–Crippen LogP) is 2.18. The lowest BCUT2D eigenvalue weighted by molar-refractivity contribution is 0.0909. The summed E-state index contributed by atoms with van der Waals surface area (Å²) in [5, 5.41) is 0. The van der Waals surface area contributed by atoms with Crippen LogP contribution in [0.2, 0.25) is 0 Å². The van der Waals surface area contributed by atoms with Crippen molar-refractivity contribution in [2.75, 3.05) is 24.6 Å². The summed E-state index contributed by atoms with van der Waals surface area (Å²) in [6.45, 7) is 7.99. The second-order valence-electron chi connectivity index (χ2n) is 5.82. The summed E-state index contributed by atoms with van der Waals surface area (Å²) in [5.74, 6) is 1.48. The number of rotatable bonds is 6. The number of aromatic amines is 1. The normalized spacial score (nSPS) is 17.2. The first-order valence-corrected chi connectivity index (χ1v) is 8.23. The van der Waals surface area contributed by atoms with Crippen molar-refractivity contribution >= 4 is 5.82 Å². The first-order valence-electron chi connectivity index (χ1n) is 8.23. The van der Waals surface area contributed by atoms with E-state index in [4.69, 9.17) is 4.74 Å². The van der Waals surface area contributed by atoms with Crippen LogP contribution in [0.15, 0.2) is 41.8 Å². The molecule has 2 aromatic heterocycles. The van der Waals surface area contributed by atoms with Gasteiger partial charge in [0.2, 0.25) is 0 Å². The third kappa shape index (κ3) is 3.71. The molecule has 1 aliphatic rings. The SMILES string of the molecule is C=CCOC1CCN(c2ccc(-c3nc(CC)cc(=O)[nH]3)cn2)C1. The van der Waals surface area contributed by atoms with E-state index in [1.165, 1.54) is 6.07 Å². The summed E-state index contributed by atoms with van der Waals surface area (Å²) in [4.78, 5) is 25.7. The Hall–Kier alpha value is -2.47. The number of hydrogen-bond acceptors (Lipinski definition) is 5. The fourth-order valence-corrected chi connectivity index (χ4v) is 2.82. The van der Waals surface area contributed by atoms with Crippen LogP contribution in [0.25, 0.3) is 11.4 Å². The molecule has 0 saturated carbocycles. The molecular weight excluding hydrogens is 304 g/mol. The van der Waals surface area contributed by atoms with Crippen LogP contribution in [-0.2, 0) is 11.2 Å². The molecule has 1 aliphatic heterocycles. The topological polar surface area (TPSA) is 71.1 Å². The Bertz CT molecular complexity index is 754. The van der Waals surface area contributed by atoms with E-state index in [-0.39, 0.29) is 11.7 Å². The van der Waals surface area contributed by atoms with Gasteiger partial charge < -0.3 is 14.6 Å². The maximum Gasteiger partial charge on any atom is 0.251 e. The molecule has 1 N–H and O–H groups in total. The van der Waals surface area contributed by atoms with Crippen LogP contribution in [0.3, 0.4) is 0 Å². The molecule has 0 aliphatic carbocycles. The zero-order chi connectivity index (χ0) is 16.9. The van der Waals surface area contributed by atoms with Crippen LogP contribution >= 0.6 is 0 Å². The highest BCUT2D eigenvalue weighted by atomic mass is 16.5. The van der Waals surface area contributed by atoms with E-state index in [1.807, 2.05) is 19.1 Å². The molecule has 24 heavy (non-hydrogen) atoms. The number of H-pyrrole nitrogens is 1. The zero-order valence-electron chi connectivity index (χ0n) is 13.9. The lowest BCUT2D eigenvalue weighted by Gasteiger charge is -2.17. The Morgan fingerprint density at radius 1 is 1.50 bits per heavy atom. The fourth-order valence-electron chi connectivity index (χ4n) is 2.82. The van der Waals surface area contributed by atoms with E-state index in [9.17, 15) is 4.79 Å². The Labute approximate surface area is 141 Å². The molecule has 6 nitrogen and oxygen atoms in total. The molecule has 3 heterocycles. The number of aryl methyl sites for hydroxylation is 1.